The lowest BCUT2D eigenvalue weighted by Crippen LogP contribution is -2.46. The third-order valence-corrected chi connectivity index (χ3v) is 3.35. The smallest absolute Gasteiger partial charge is 0.123 e. The molecule has 0 saturated carbocycles. The van der Waals surface area contributed by atoms with Gasteiger partial charge in [0.25, 0.3) is 0 Å². The summed E-state index contributed by atoms with van der Waals surface area (Å²) < 4.78 is 13.1. The number of nitrogens with one attached hydrogen (secondary N) is 1. The van der Waals surface area contributed by atoms with Crippen molar-refractivity contribution in [2.75, 3.05) is 26.2 Å². The molecule has 1 fully saturated rings. The zero-order valence-electron chi connectivity index (χ0n) is 10.6. The first-order valence-electron chi connectivity index (χ1n) is 6.59. The molecule has 0 aromatic heterocycles. The summed E-state index contributed by atoms with van der Waals surface area (Å²) in [4.78, 5) is 2.34. The summed E-state index contributed by atoms with van der Waals surface area (Å²) in [5, 5.41) is 12.1. The molecule has 1 saturated heterocycles. The monoisotopic (exact) mass is 252 g/mol. The van der Waals surface area contributed by atoms with Gasteiger partial charge in [-0.05, 0) is 37.1 Å². The van der Waals surface area contributed by atoms with E-state index in [2.05, 4.69) is 10.2 Å². The van der Waals surface area contributed by atoms with Crippen LogP contribution in [0.2, 0.25) is 0 Å². The number of rotatable bonds is 5. The number of aliphatic hydroxyl groups is 1. The lowest BCUT2D eigenvalue weighted by atomic mass is 10.0. The highest BCUT2D eigenvalue weighted by Gasteiger charge is 2.19. The van der Waals surface area contributed by atoms with Crippen molar-refractivity contribution in [3.63, 3.8) is 0 Å². The van der Waals surface area contributed by atoms with Crippen LogP contribution >= 0.6 is 0 Å². The summed E-state index contributed by atoms with van der Waals surface area (Å²) in [6.45, 7) is 3.66. The molecule has 1 aliphatic rings. The van der Waals surface area contributed by atoms with E-state index < -0.39 is 0 Å². The molecule has 4 heteroatoms. The molecule has 0 bridgehead atoms. The molecular formula is C14H21FN2O. The van der Waals surface area contributed by atoms with Crippen molar-refractivity contribution < 1.29 is 9.50 Å². The molecule has 2 rings (SSSR count). The number of hydrogen-bond donors (Lipinski definition) is 2. The number of halogens is 1. The van der Waals surface area contributed by atoms with Gasteiger partial charge in [0.15, 0.2) is 0 Å². The van der Waals surface area contributed by atoms with Gasteiger partial charge in [-0.15, -0.1) is 0 Å². The molecule has 100 valence electrons. The number of benzene rings is 1. The van der Waals surface area contributed by atoms with E-state index in [9.17, 15) is 4.39 Å². The Kier molecular flexibility index (Phi) is 5.11. The van der Waals surface area contributed by atoms with Crippen molar-refractivity contribution in [1.29, 1.82) is 0 Å². The maximum Gasteiger partial charge on any atom is 0.123 e. The Bertz CT molecular complexity index is 373. The second-order valence-electron chi connectivity index (χ2n) is 4.88. The van der Waals surface area contributed by atoms with E-state index in [1.54, 1.807) is 12.1 Å². The molecule has 1 aromatic carbocycles. The number of hydrogen-bond acceptors (Lipinski definition) is 3. The SMILES string of the molecule is OCCNC1CCCN(Cc2cccc(F)c2)C1. The van der Waals surface area contributed by atoms with Crippen LogP contribution in [0.25, 0.3) is 0 Å². The van der Waals surface area contributed by atoms with Gasteiger partial charge >= 0.3 is 0 Å². The molecule has 0 spiro atoms. The molecule has 1 heterocycles. The van der Waals surface area contributed by atoms with E-state index in [1.807, 2.05) is 6.07 Å². The Hall–Kier alpha value is -0.970. The average molecular weight is 252 g/mol. The van der Waals surface area contributed by atoms with Crippen LogP contribution in [-0.2, 0) is 6.54 Å². The lowest BCUT2D eigenvalue weighted by molar-refractivity contribution is 0.176. The minimum absolute atomic E-state index is 0.167. The van der Waals surface area contributed by atoms with E-state index in [4.69, 9.17) is 5.11 Å². The highest BCUT2D eigenvalue weighted by Crippen LogP contribution is 2.14. The summed E-state index contributed by atoms with van der Waals surface area (Å²) in [6.07, 6.45) is 2.30. The second-order valence-corrected chi connectivity index (χ2v) is 4.88. The molecular weight excluding hydrogens is 231 g/mol. The van der Waals surface area contributed by atoms with E-state index in [1.165, 1.54) is 6.07 Å². The topological polar surface area (TPSA) is 35.5 Å². The second kappa shape index (κ2) is 6.83. The van der Waals surface area contributed by atoms with Crippen molar-refractivity contribution in [3.8, 4) is 0 Å². The third-order valence-electron chi connectivity index (χ3n) is 3.35. The first-order valence-corrected chi connectivity index (χ1v) is 6.59. The Morgan fingerprint density at radius 3 is 3.11 bits per heavy atom. The van der Waals surface area contributed by atoms with Crippen LogP contribution in [-0.4, -0.2) is 42.3 Å². The average Bonchev–Trinajstić information content (AvgIpc) is 2.37. The molecule has 0 radical (unpaired) electrons. The van der Waals surface area contributed by atoms with Crippen molar-refractivity contribution >= 4 is 0 Å². The van der Waals surface area contributed by atoms with Gasteiger partial charge in [-0.2, -0.15) is 0 Å². The van der Waals surface area contributed by atoms with Gasteiger partial charge in [-0.1, -0.05) is 12.1 Å². The summed E-state index contributed by atoms with van der Waals surface area (Å²) in [7, 11) is 0. The fraction of sp³-hybridized carbons (Fsp3) is 0.571. The minimum atomic E-state index is -0.167. The van der Waals surface area contributed by atoms with Crippen LogP contribution in [0, 0.1) is 5.82 Å². The Morgan fingerprint density at radius 2 is 2.33 bits per heavy atom. The summed E-state index contributed by atoms with van der Waals surface area (Å²) >= 11 is 0. The highest BCUT2D eigenvalue weighted by molar-refractivity contribution is 5.16. The Labute approximate surface area is 108 Å². The molecule has 1 atom stereocenters. The molecule has 3 nitrogen and oxygen atoms in total. The Balaban J connectivity index is 1.85. The lowest BCUT2D eigenvalue weighted by Gasteiger charge is -2.33. The van der Waals surface area contributed by atoms with Crippen LogP contribution in [0.1, 0.15) is 18.4 Å². The zero-order chi connectivity index (χ0) is 12.8. The zero-order valence-corrected chi connectivity index (χ0v) is 10.6. The van der Waals surface area contributed by atoms with Gasteiger partial charge < -0.3 is 10.4 Å². The third kappa shape index (κ3) is 4.05. The van der Waals surface area contributed by atoms with Gasteiger partial charge in [0.1, 0.15) is 5.82 Å². The molecule has 0 amide bonds. The van der Waals surface area contributed by atoms with E-state index in [-0.39, 0.29) is 12.4 Å². The number of aliphatic hydroxyl groups excluding tert-OH is 1. The highest BCUT2D eigenvalue weighted by atomic mass is 19.1. The molecule has 1 aromatic rings. The van der Waals surface area contributed by atoms with Gasteiger partial charge in [0.2, 0.25) is 0 Å². The summed E-state index contributed by atoms with van der Waals surface area (Å²) in [5.41, 5.74) is 1.03. The van der Waals surface area contributed by atoms with Crippen LogP contribution in [0.3, 0.4) is 0 Å². The van der Waals surface area contributed by atoms with E-state index in [0.29, 0.717) is 12.6 Å². The van der Waals surface area contributed by atoms with Gasteiger partial charge in [-0.3, -0.25) is 4.90 Å². The van der Waals surface area contributed by atoms with Crippen LogP contribution in [0.15, 0.2) is 24.3 Å². The fourth-order valence-electron chi connectivity index (χ4n) is 2.53. The largest absolute Gasteiger partial charge is 0.395 e. The first kappa shape index (κ1) is 13.5. The van der Waals surface area contributed by atoms with Crippen molar-refractivity contribution in [3.05, 3.63) is 35.6 Å². The summed E-state index contributed by atoms with van der Waals surface area (Å²) in [6, 6.07) is 7.25. The van der Waals surface area contributed by atoms with Crippen molar-refractivity contribution in [2.45, 2.75) is 25.4 Å². The predicted octanol–water partition coefficient (Wildman–Crippen LogP) is 1.37. The normalized spacial score (nSPS) is 21.1. The van der Waals surface area contributed by atoms with Gasteiger partial charge in [0.05, 0.1) is 6.61 Å². The van der Waals surface area contributed by atoms with Crippen LogP contribution < -0.4 is 5.32 Å². The fourth-order valence-corrected chi connectivity index (χ4v) is 2.53. The van der Waals surface area contributed by atoms with Crippen LogP contribution in [0.4, 0.5) is 4.39 Å². The quantitative estimate of drug-likeness (QED) is 0.831. The standard InChI is InChI=1S/C14H21FN2O/c15-13-4-1-3-12(9-13)10-17-7-2-5-14(11-17)16-6-8-18/h1,3-4,9,14,16,18H,2,5-8,10-11H2. The van der Waals surface area contributed by atoms with E-state index in [0.717, 1.165) is 38.0 Å². The predicted molar refractivity (Wildman–Crippen MR) is 69.8 cm³/mol. The Morgan fingerprint density at radius 1 is 1.44 bits per heavy atom. The van der Waals surface area contributed by atoms with Gasteiger partial charge in [-0.25, -0.2) is 4.39 Å². The summed E-state index contributed by atoms with van der Waals surface area (Å²) in [5.74, 6) is -0.167. The number of likely N-dealkylation sites (tertiary alicyclic amines) is 1. The maximum absolute atomic E-state index is 13.1. The number of nitrogens with zero attached hydrogens (tertiary/aromatic N) is 1. The molecule has 0 aliphatic carbocycles. The molecule has 18 heavy (non-hydrogen) atoms. The van der Waals surface area contributed by atoms with Crippen molar-refractivity contribution in [1.82, 2.24) is 10.2 Å². The maximum atomic E-state index is 13.1. The molecule has 1 unspecified atom stereocenters. The number of piperidine rings is 1. The minimum Gasteiger partial charge on any atom is -0.395 e. The van der Waals surface area contributed by atoms with Crippen LogP contribution in [0.5, 0.6) is 0 Å². The van der Waals surface area contributed by atoms with Gasteiger partial charge in [0, 0.05) is 25.7 Å². The van der Waals surface area contributed by atoms with Crippen molar-refractivity contribution in [2.24, 2.45) is 0 Å². The van der Waals surface area contributed by atoms with E-state index >= 15 is 0 Å². The molecule has 1 aliphatic heterocycles. The first-order chi connectivity index (χ1) is 8.78. The molecule has 2 N–H and O–H groups in total.